The lowest BCUT2D eigenvalue weighted by Crippen LogP contribution is -2.24. The highest BCUT2D eigenvalue weighted by atomic mass is 35.5. The minimum atomic E-state index is -3.35. The summed E-state index contributed by atoms with van der Waals surface area (Å²) in [4.78, 5) is 0. The molecule has 5 nitrogen and oxygen atoms in total. The molecular formula is C8H10ClN3O2S. The van der Waals surface area contributed by atoms with E-state index in [1.54, 1.807) is 0 Å². The maximum absolute atomic E-state index is 12.0. The summed E-state index contributed by atoms with van der Waals surface area (Å²) in [6.07, 6.45) is 0.618. The highest BCUT2D eigenvalue weighted by molar-refractivity contribution is 7.92. The fourth-order valence-electron chi connectivity index (χ4n) is 1.52. The molecule has 0 aromatic carbocycles. The average Bonchev–Trinajstić information content (AvgIpc) is 2.71. The molecule has 1 aliphatic rings. The van der Waals surface area contributed by atoms with Crippen LogP contribution in [-0.4, -0.2) is 37.0 Å². The third kappa shape index (κ3) is 2.11. The van der Waals surface area contributed by atoms with Crippen molar-refractivity contribution in [3.05, 3.63) is 17.3 Å². The first-order valence-electron chi connectivity index (χ1n) is 4.54. The molecule has 7 heteroatoms. The number of rotatable bonds is 2. The van der Waals surface area contributed by atoms with E-state index in [0.29, 0.717) is 13.0 Å². The summed E-state index contributed by atoms with van der Waals surface area (Å²) in [6, 6.07) is 2.83. The van der Waals surface area contributed by atoms with Gasteiger partial charge in [0.15, 0.2) is 10.2 Å². The molecule has 2 rings (SSSR count). The van der Waals surface area contributed by atoms with E-state index >= 15 is 0 Å². The molecule has 1 aromatic rings. The number of hydrogen-bond donors (Lipinski definition) is 1. The van der Waals surface area contributed by atoms with Crippen molar-refractivity contribution in [2.75, 3.05) is 13.1 Å². The first kappa shape index (κ1) is 10.8. The largest absolute Gasteiger partial charge is 0.315 e. The normalized spacial score (nSPS) is 21.8. The Morgan fingerprint density at radius 1 is 1.40 bits per heavy atom. The maximum atomic E-state index is 12.0. The van der Waals surface area contributed by atoms with Gasteiger partial charge in [-0.2, -0.15) is 0 Å². The van der Waals surface area contributed by atoms with Gasteiger partial charge in [-0.15, -0.1) is 10.2 Å². The van der Waals surface area contributed by atoms with Crippen molar-refractivity contribution < 1.29 is 8.42 Å². The molecule has 1 fully saturated rings. The Bertz CT molecular complexity index is 439. The molecule has 0 radical (unpaired) electrons. The van der Waals surface area contributed by atoms with E-state index in [-0.39, 0.29) is 10.2 Å². The van der Waals surface area contributed by atoms with Crippen LogP contribution in [0.5, 0.6) is 0 Å². The second-order valence-electron chi connectivity index (χ2n) is 3.35. The van der Waals surface area contributed by atoms with E-state index < -0.39 is 15.1 Å². The van der Waals surface area contributed by atoms with Gasteiger partial charge in [0.25, 0.3) is 0 Å². The van der Waals surface area contributed by atoms with Crippen LogP contribution >= 0.6 is 11.6 Å². The van der Waals surface area contributed by atoms with Crippen LogP contribution in [0.4, 0.5) is 0 Å². The fourth-order valence-corrected chi connectivity index (χ4v) is 3.14. The second-order valence-corrected chi connectivity index (χ2v) is 5.92. The van der Waals surface area contributed by atoms with Gasteiger partial charge >= 0.3 is 0 Å². The van der Waals surface area contributed by atoms with E-state index in [9.17, 15) is 8.42 Å². The molecule has 82 valence electrons. The Kier molecular flexibility index (Phi) is 2.90. The highest BCUT2D eigenvalue weighted by Crippen LogP contribution is 2.18. The fraction of sp³-hybridized carbons (Fsp3) is 0.500. The summed E-state index contributed by atoms with van der Waals surface area (Å²) in [5.41, 5.74) is 0. The molecule has 0 amide bonds. The van der Waals surface area contributed by atoms with E-state index in [4.69, 9.17) is 11.6 Å². The summed E-state index contributed by atoms with van der Waals surface area (Å²) in [5.74, 6) is 0. The molecule has 0 bridgehead atoms. The van der Waals surface area contributed by atoms with Gasteiger partial charge in [0.2, 0.25) is 9.84 Å². The van der Waals surface area contributed by atoms with Gasteiger partial charge in [0, 0.05) is 6.54 Å². The Hall–Kier alpha value is -0.720. The van der Waals surface area contributed by atoms with Crippen LogP contribution in [0.3, 0.4) is 0 Å². The van der Waals surface area contributed by atoms with Gasteiger partial charge in [-0.05, 0) is 25.1 Å². The minimum Gasteiger partial charge on any atom is -0.315 e. The van der Waals surface area contributed by atoms with Crippen molar-refractivity contribution in [1.29, 1.82) is 0 Å². The third-order valence-electron chi connectivity index (χ3n) is 2.35. The zero-order valence-electron chi connectivity index (χ0n) is 7.85. The summed E-state index contributed by atoms with van der Waals surface area (Å²) >= 11 is 5.54. The van der Waals surface area contributed by atoms with Gasteiger partial charge in [0.05, 0.1) is 5.25 Å². The summed E-state index contributed by atoms with van der Waals surface area (Å²) < 4.78 is 23.9. The topological polar surface area (TPSA) is 72.0 Å². The smallest absolute Gasteiger partial charge is 0.201 e. The van der Waals surface area contributed by atoms with E-state index in [1.165, 1.54) is 12.1 Å². The van der Waals surface area contributed by atoms with Crippen LogP contribution in [0.15, 0.2) is 17.2 Å². The van der Waals surface area contributed by atoms with Gasteiger partial charge in [-0.3, -0.25) is 0 Å². The summed E-state index contributed by atoms with van der Waals surface area (Å²) in [7, 11) is -3.35. The lowest BCUT2D eigenvalue weighted by molar-refractivity contribution is 0.577. The third-order valence-corrected chi connectivity index (χ3v) is 4.64. The SMILES string of the molecule is O=S(=O)(c1ccc(Cl)nn1)[C@@H]1CCNC1. The molecule has 1 aliphatic heterocycles. The maximum Gasteiger partial charge on any atom is 0.201 e. The van der Waals surface area contributed by atoms with Gasteiger partial charge in [0.1, 0.15) is 0 Å². The molecule has 1 atom stereocenters. The number of aromatic nitrogens is 2. The molecule has 0 spiro atoms. The first-order valence-corrected chi connectivity index (χ1v) is 6.47. The monoisotopic (exact) mass is 247 g/mol. The Labute approximate surface area is 92.8 Å². The van der Waals surface area contributed by atoms with Crippen molar-refractivity contribution in [3.63, 3.8) is 0 Å². The minimum absolute atomic E-state index is 0.000556. The molecule has 2 heterocycles. The van der Waals surface area contributed by atoms with Crippen molar-refractivity contribution in [2.24, 2.45) is 0 Å². The molecule has 0 unspecified atom stereocenters. The van der Waals surface area contributed by atoms with Gasteiger partial charge in [-0.25, -0.2) is 8.42 Å². The van der Waals surface area contributed by atoms with Crippen LogP contribution < -0.4 is 5.32 Å². The van der Waals surface area contributed by atoms with Crippen LogP contribution in [-0.2, 0) is 9.84 Å². The number of sulfone groups is 1. The molecule has 15 heavy (non-hydrogen) atoms. The quantitative estimate of drug-likeness (QED) is 0.812. The van der Waals surface area contributed by atoms with E-state index in [1.807, 2.05) is 0 Å². The molecular weight excluding hydrogens is 238 g/mol. The predicted octanol–water partition coefficient (Wildman–Crippen LogP) is 0.266. The zero-order chi connectivity index (χ0) is 10.9. The number of halogens is 1. The van der Waals surface area contributed by atoms with Gasteiger partial charge in [-0.1, -0.05) is 11.6 Å². The van der Waals surface area contributed by atoms with Crippen LogP contribution in [0, 0.1) is 0 Å². The van der Waals surface area contributed by atoms with Gasteiger partial charge < -0.3 is 5.32 Å². The summed E-state index contributed by atoms with van der Waals surface area (Å²) in [6.45, 7) is 1.21. The van der Waals surface area contributed by atoms with E-state index in [2.05, 4.69) is 15.5 Å². The lowest BCUT2D eigenvalue weighted by atomic mass is 10.4. The van der Waals surface area contributed by atoms with Crippen LogP contribution in [0.25, 0.3) is 0 Å². The number of nitrogens with one attached hydrogen (secondary N) is 1. The Morgan fingerprint density at radius 3 is 2.73 bits per heavy atom. The molecule has 1 aromatic heterocycles. The second kappa shape index (κ2) is 4.03. The van der Waals surface area contributed by atoms with Crippen molar-refractivity contribution in [3.8, 4) is 0 Å². The lowest BCUT2D eigenvalue weighted by Gasteiger charge is -2.08. The molecule has 1 N–H and O–H groups in total. The van der Waals surface area contributed by atoms with E-state index in [0.717, 1.165) is 6.54 Å². The van der Waals surface area contributed by atoms with Crippen molar-refractivity contribution >= 4 is 21.4 Å². The highest BCUT2D eigenvalue weighted by Gasteiger charge is 2.31. The standard InChI is InChI=1S/C8H10ClN3O2S/c9-7-1-2-8(12-11-7)15(13,14)6-3-4-10-5-6/h1-2,6,10H,3-5H2/t6-/m1/s1. The zero-order valence-corrected chi connectivity index (χ0v) is 9.42. The van der Waals surface area contributed by atoms with Crippen LogP contribution in [0.1, 0.15) is 6.42 Å². The molecule has 0 saturated carbocycles. The van der Waals surface area contributed by atoms with Crippen LogP contribution in [0.2, 0.25) is 5.15 Å². The number of nitrogens with zero attached hydrogens (tertiary/aromatic N) is 2. The molecule has 1 saturated heterocycles. The predicted molar refractivity (Wildman–Crippen MR) is 55.5 cm³/mol. The Morgan fingerprint density at radius 2 is 2.20 bits per heavy atom. The Balaban J connectivity index is 2.32. The number of hydrogen-bond acceptors (Lipinski definition) is 5. The summed E-state index contributed by atoms with van der Waals surface area (Å²) in [5, 5.41) is 9.93. The van der Waals surface area contributed by atoms with Crippen molar-refractivity contribution in [1.82, 2.24) is 15.5 Å². The first-order chi connectivity index (χ1) is 7.10. The van der Waals surface area contributed by atoms with Crippen molar-refractivity contribution in [2.45, 2.75) is 16.7 Å². The molecule has 0 aliphatic carbocycles. The average molecular weight is 248 g/mol.